The first-order chi connectivity index (χ1) is 10.1. The molecule has 0 atom stereocenters. The lowest BCUT2D eigenvalue weighted by Gasteiger charge is -2.20. The number of rotatable bonds is 3. The molecule has 108 valence electrons. The highest BCUT2D eigenvalue weighted by molar-refractivity contribution is 6.31. The number of halogens is 2. The zero-order valence-corrected chi connectivity index (χ0v) is 12.5. The average Bonchev–Trinajstić information content (AvgIpc) is 2.89. The monoisotopic (exact) mass is 303 g/mol. The van der Waals surface area contributed by atoms with E-state index in [-0.39, 0.29) is 11.6 Å². The molecule has 0 saturated heterocycles. The Morgan fingerprint density at radius 1 is 1.29 bits per heavy atom. The number of carbonyl (C=O) groups is 1. The lowest BCUT2D eigenvalue weighted by molar-refractivity contribution is 0.103. The number of benzene rings is 2. The second-order valence-electron chi connectivity index (χ2n) is 5.13. The fourth-order valence-corrected chi connectivity index (χ4v) is 3.07. The van der Waals surface area contributed by atoms with E-state index >= 15 is 0 Å². The Bertz CT molecular complexity index is 697. The molecule has 0 aromatic heterocycles. The smallest absolute Gasteiger partial charge is 0.195 e. The van der Waals surface area contributed by atoms with Crippen molar-refractivity contribution in [2.75, 3.05) is 18.0 Å². The summed E-state index contributed by atoms with van der Waals surface area (Å²) in [7, 11) is 0. The molecule has 21 heavy (non-hydrogen) atoms. The van der Waals surface area contributed by atoms with Crippen molar-refractivity contribution < 1.29 is 9.18 Å². The summed E-state index contributed by atoms with van der Waals surface area (Å²) >= 11 is 6.15. The summed E-state index contributed by atoms with van der Waals surface area (Å²) in [4.78, 5) is 14.9. The highest BCUT2D eigenvalue weighted by Crippen LogP contribution is 2.35. The number of nitrogens with zero attached hydrogens (tertiary/aromatic N) is 1. The Morgan fingerprint density at radius 3 is 2.67 bits per heavy atom. The summed E-state index contributed by atoms with van der Waals surface area (Å²) in [5.41, 5.74) is 3.15. The van der Waals surface area contributed by atoms with E-state index in [2.05, 4.69) is 11.8 Å². The standard InChI is InChI=1S/C17H15ClFNO/c1-2-20-8-7-12-9-13(18)10-15(16(12)20)17(21)11-3-5-14(19)6-4-11/h3-6,9-10H,2,7-8H2,1H3. The molecule has 0 bridgehead atoms. The first-order valence-electron chi connectivity index (χ1n) is 6.97. The second-order valence-corrected chi connectivity index (χ2v) is 5.56. The third-order valence-corrected chi connectivity index (χ3v) is 4.07. The van der Waals surface area contributed by atoms with Crippen LogP contribution in [0.3, 0.4) is 0 Å². The molecule has 0 spiro atoms. The Kier molecular flexibility index (Phi) is 3.68. The normalized spacial score (nSPS) is 13.4. The van der Waals surface area contributed by atoms with Crippen molar-refractivity contribution in [3.8, 4) is 0 Å². The lowest BCUT2D eigenvalue weighted by atomic mass is 9.99. The number of fused-ring (bicyclic) bond motifs is 1. The highest BCUT2D eigenvalue weighted by Gasteiger charge is 2.25. The Labute approximate surface area is 128 Å². The molecule has 0 unspecified atom stereocenters. The van der Waals surface area contributed by atoms with Crippen molar-refractivity contribution >= 4 is 23.1 Å². The number of carbonyl (C=O) groups excluding carboxylic acids is 1. The molecule has 0 saturated carbocycles. The van der Waals surface area contributed by atoms with Gasteiger partial charge < -0.3 is 4.90 Å². The zero-order chi connectivity index (χ0) is 15.0. The fraction of sp³-hybridized carbons (Fsp3) is 0.235. The number of ketones is 1. The van der Waals surface area contributed by atoms with Crippen molar-refractivity contribution in [1.82, 2.24) is 0 Å². The second kappa shape index (κ2) is 5.49. The van der Waals surface area contributed by atoms with Crippen molar-refractivity contribution in [3.05, 3.63) is 63.9 Å². The van der Waals surface area contributed by atoms with Gasteiger partial charge in [-0.1, -0.05) is 11.6 Å². The third kappa shape index (κ3) is 2.54. The maximum atomic E-state index is 13.0. The zero-order valence-electron chi connectivity index (χ0n) is 11.7. The van der Waals surface area contributed by atoms with E-state index in [1.54, 1.807) is 6.07 Å². The molecule has 0 aliphatic carbocycles. The molecular formula is C17H15ClFNO. The van der Waals surface area contributed by atoms with E-state index in [1.165, 1.54) is 24.3 Å². The molecule has 0 amide bonds. The number of hydrogen-bond donors (Lipinski definition) is 0. The minimum atomic E-state index is -0.349. The van der Waals surface area contributed by atoms with Gasteiger partial charge in [-0.15, -0.1) is 0 Å². The van der Waals surface area contributed by atoms with Gasteiger partial charge in [0.2, 0.25) is 0 Å². The van der Waals surface area contributed by atoms with Crippen LogP contribution in [0, 0.1) is 5.82 Å². The summed E-state index contributed by atoms with van der Waals surface area (Å²) in [6, 6.07) is 9.26. The molecule has 1 aliphatic heterocycles. The van der Waals surface area contributed by atoms with Gasteiger partial charge in [-0.05, 0) is 55.3 Å². The molecule has 4 heteroatoms. The van der Waals surface area contributed by atoms with Gasteiger partial charge in [-0.25, -0.2) is 4.39 Å². The van der Waals surface area contributed by atoms with E-state index in [0.717, 1.165) is 30.8 Å². The van der Waals surface area contributed by atoms with Gasteiger partial charge in [0.05, 0.1) is 5.69 Å². The molecule has 2 aromatic rings. The van der Waals surface area contributed by atoms with Crippen LogP contribution in [-0.4, -0.2) is 18.9 Å². The summed E-state index contributed by atoms with van der Waals surface area (Å²) in [5.74, 6) is -0.466. The maximum Gasteiger partial charge on any atom is 0.195 e. The van der Waals surface area contributed by atoms with Crippen molar-refractivity contribution in [1.29, 1.82) is 0 Å². The molecule has 0 radical (unpaired) electrons. The van der Waals surface area contributed by atoms with Crippen LogP contribution in [0.5, 0.6) is 0 Å². The number of likely N-dealkylation sites (N-methyl/N-ethyl adjacent to an activating group) is 1. The molecular weight excluding hydrogens is 289 g/mol. The molecule has 0 N–H and O–H groups in total. The molecule has 3 rings (SSSR count). The van der Waals surface area contributed by atoms with Crippen LogP contribution in [0.15, 0.2) is 36.4 Å². The van der Waals surface area contributed by atoms with Crippen LogP contribution in [0.25, 0.3) is 0 Å². The van der Waals surface area contributed by atoms with Gasteiger partial charge in [-0.2, -0.15) is 0 Å². The summed E-state index contributed by atoms with van der Waals surface area (Å²) in [5, 5.41) is 0.567. The first kappa shape index (κ1) is 14.1. The molecule has 1 heterocycles. The summed E-state index contributed by atoms with van der Waals surface area (Å²) < 4.78 is 13.0. The van der Waals surface area contributed by atoms with Crippen LogP contribution >= 0.6 is 11.6 Å². The predicted molar refractivity (Wildman–Crippen MR) is 82.9 cm³/mol. The van der Waals surface area contributed by atoms with E-state index in [9.17, 15) is 9.18 Å². The number of anilines is 1. The topological polar surface area (TPSA) is 20.3 Å². The lowest BCUT2D eigenvalue weighted by Crippen LogP contribution is -2.21. The van der Waals surface area contributed by atoms with Crippen LogP contribution in [0.2, 0.25) is 5.02 Å². The van der Waals surface area contributed by atoms with Gasteiger partial charge in [0.1, 0.15) is 5.82 Å². The largest absolute Gasteiger partial charge is 0.371 e. The SMILES string of the molecule is CCN1CCc2cc(Cl)cc(C(=O)c3ccc(F)cc3)c21. The van der Waals surface area contributed by atoms with E-state index < -0.39 is 0 Å². The van der Waals surface area contributed by atoms with Crippen LogP contribution in [-0.2, 0) is 6.42 Å². The average molecular weight is 304 g/mol. The Hall–Kier alpha value is -1.87. The molecule has 0 fully saturated rings. The van der Waals surface area contributed by atoms with Gasteiger partial charge in [0, 0.05) is 29.2 Å². The van der Waals surface area contributed by atoms with E-state index in [1.807, 2.05) is 6.07 Å². The summed E-state index contributed by atoms with van der Waals surface area (Å²) in [6.45, 7) is 3.81. The minimum Gasteiger partial charge on any atom is -0.371 e. The Balaban J connectivity index is 2.10. The van der Waals surface area contributed by atoms with Crippen LogP contribution in [0.4, 0.5) is 10.1 Å². The van der Waals surface area contributed by atoms with Crippen molar-refractivity contribution in [2.45, 2.75) is 13.3 Å². The van der Waals surface area contributed by atoms with E-state index in [4.69, 9.17) is 11.6 Å². The Morgan fingerprint density at radius 2 is 2.00 bits per heavy atom. The quantitative estimate of drug-likeness (QED) is 0.796. The van der Waals surface area contributed by atoms with Crippen molar-refractivity contribution in [3.63, 3.8) is 0 Å². The van der Waals surface area contributed by atoms with Crippen LogP contribution in [0.1, 0.15) is 28.4 Å². The summed E-state index contributed by atoms with van der Waals surface area (Å²) in [6.07, 6.45) is 0.896. The van der Waals surface area contributed by atoms with Gasteiger partial charge in [0.15, 0.2) is 5.78 Å². The predicted octanol–water partition coefficient (Wildman–Crippen LogP) is 4.09. The fourth-order valence-electron chi connectivity index (χ4n) is 2.83. The highest BCUT2D eigenvalue weighted by atomic mass is 35.5. The molecule has 1 aliphatic rings. The molecule has 2 aromatic carbocycles. The van der Waals surface area contributed by atoms with Gasteiger partial charge in [0.25, 0.3) is 0 Å². The van der Waals surface area contributed by atoms with Gasteiger partial charge in [-0.3, -0.25) is 4.79 Å². The van der Waals surface area contributed by atoms with E-state index in [0.29, 0.717) is 16.1 Å². The molecule has 2 nitrogen and oxygen atoms in total. The minimum absolute atomic E-state index is 0.117. The first-order valence-corrected chi connectivity index (χ1v) is 7.35. The third-order valence-electron chi connectivity index (χ3n) is 3.85. The number of hydrogen-bond acceptors (Lipinski definition) is 2. The van der Waals surface area contributed by atoms with Crippen molar-refractivity contribution in [2.24, 2.45) is 0 Å². The maximum absolute atomic E-state index is 13.0. The van der Waals surface area contributed by atoms with Gasteiger partial charge >= 0.3 is 0 Å². The van der Waals surface area contributed by atoms with Crippen LogP contribution < -0.4 is 4.90 Å².